The van der Waals surface area contributed by atoms with Crippen LogP contribution >= 0.6 is 11.6 Å². The number of carbonyl (C=O) groups is 2. The molecule has 1 aliphatic heterocycles. The molecule has 9 heteroatoms. The Morgan fingerprint density at radius 1 is 1.11 bits per heavy atom. The molecule has 0 aliphatic carbocycles. The van der Waals surface area contributed by atoms with Crippen LogP contribution in [0.15, 0.2) is 53.4 Å². The van der Waals surface area contributed by atoms with Gasteiger partial charge in [-0.3, -0.25) is 9.59 Å². The van der Waals surface area contributed by atoms with Crippen molar-refractivity contribution < 1.29 is 23.1 Å². The zero-order valence-corrected chi connectivity index (χ0v) is 16.6. The van der Waals surface area contributed by atoms with E-state index in [-0.39, 0.29) is 23.6 Å². The van der Waals surface area contributed by atoms with Crippen molar-refractivity contribution in [3.05, 3.63) is 59.1 Å². The SMILES string of the molecule is CC(=O)c1ccc(NC(=O)[C@@H]2C[C@H](O)CN2S(=O)(=O)c2ccc(Cl)cc2)cc1. The molecule has 0 radical (unpaired) electrons. The van der Waals surface area contributed by atoms with Crippen LogP contribution < -0.4 is 5.32 Å². The van der Waals surface area contributed by atoms with E-state index in [0.717, 1.165) is 4.31 Å². The van der Waals surface area contributed by atoms with Crippen LogP contribution in [0.3, 0.4) is 0 Å². The van der Waals surface area contributed by atoms with Crippen LogP contribution in [0.4, 0.5) is 5.69 Å². The second kappa shape index (κ2) is 8.00. The van der Waals surface area contributed by atoms with Gasteiger partial charge in [-0.2, -0.15) is 4.31 Å². The average Bonchev–Trinajstić information content (AvgIpc) is 3.05. The Morgan fingerprint density at radius 3 is 2.29 bits per heavy atom. The van der Waals surface area contributed by atoms with Crippen molar-refractivity contribution in [3.63, 3.8) is 0 Å². The summed E-state index contributed by atoms with van der Waals surface area (Å²) in [5, 5.41) is 13.0. The fourth-order valence-electron chi connectivity index (χ4n) is 3.04. The number of Topliss-reactive ketones (excluding diaryl/α,β-unsaturated/α-hetero) is 1. The van der Waals surface area contributed by atoms with Gasteiger partial charge in [0.05, 0.1) is 11.0 Å². The molecule has 1 heterocycles. The molecule has 1 saturated heterocycles. The summed E-state index contributed by atoms with van der Waals surface area (Å²) < 4.78 is 26.9. The molecule has 2 aromatic rings. The van der Waals surface area contributed by atoms with E-state index in [2.05, 4.69) is 5.32 Å². The summed E-state index contributed by atoms with van der Waals surface area (Å²) in [6, 6.07) is 10.8. The molecule has 2 atom stereocenters. The van der Waals surface area contributed by atoms with E-state index in [9.17, 15) is 23.1 Å². The van der Waals surface area contributed by atoms with Gasteiger partial charge in [-0.05, 0) is 55.5 Å². The molecule has 2 N–H and O–H groups in total. The number of benzene rings is 2. The van der Waals surface area contributed by atoms with Gasteiger partial charge >= 0.3 is 0 Å². The molecule has 1 amide bonds. The van der Waals surface area contributed by atoms with E-state index in [1.54, 1.807) is 24.3 Å². The molecule has 0 unspecified atom stereocenters. The Labute approximate surface area is 168 Å². The second-order valence-electron chi connectivity index (χ2n) is 6.56. The first-order chi connectivity index (χ1) is 13.2. The minimum Gasteiger partial charge on any atom is -0.392 e. The van der Waals surface area contributed by atoms with Crippen LogP contribution in [0.1, 0.15) is 23.7 Å². The fraction of sp³-hybridized carbons (Fsp3) is 0.263. The van der Waals surface area contributed by atoms with Gasteiger partial charge in [0, 0.05) is 29.2 Å². The highest BCUT2D eigenvalue weighted by Crippen LogP contribution is 2.28. The zero-order valence-electron chi connectivity index (χ0n) is 15.0. The highest BCUT2D eigenvalue weighted by Gasteiger charge is 2.43. The van der Waals surface area contributed by atoms with Gasteiger partial charge < -0.3 is 10.4 Å². The molecule has 1 aliphatic rings. The van der Waals surface area contributed by atoms with E-state index in [0.29, 0.717) is 16.3 Å². The monoisotopic (exact) mass is 422 g/mol. The predicted octanol–water partition coefficient (Wildman–Crippen LogP) is 2.31. The first-order valence-corrected chi connectivity index (χ1v) is 10.4. The van der Waals surface area contributed by atoms with E-state index >= 15 is 0 Å². The third-order valence-corrected chi connectivity index (χ3v) is 6.66. The number of hydrogen-bond acceptors (Lipinski definition) is 5. The van der Waals surface area contributed by atoms with E-state index in [1.165, 1.54) is 31.2 Å². The fourth-order valence-corrected chi connectivity index (χ4v) is 4.81. The smallest absolute Gasteiger partial charge is 0.243 e. The number of rotatable bonds is 5. The van der Waals surface area contributed by atoms with Gasteiger partial charge in [0.25, 0.3) is 0 Å². The van der Waals surface area contributed by atoms with Gasteiger partial charge in [-0.15, -0.1) is 0 Å². The Kier molecular flexibility index (Phi) is 5.85. The summed E-state index contributed by atoms with van der Waals surface area (Å²) in [6.45, 7) is 1.26. The summed E-state index contributed by atoms with van der Waals surface area (Å²) in [5.74, 6) is -0.651. The predicted molar refractivity (Wildman–Crippen MR) is 105 cm³/mol. The van der Waals surface area contributed by atoms with Crippen molar-refractivity contribution in [2.45, 2.75) is 30.4 Å². The first-order valence-electron chi connectivity index (χ1n) is 8.56. The van der Waals surface area contributed by atoms with Gasteiger partial charge in [0.15, 0.2) is 5.78 Å². The number of anilines is 1. The molecule has 0 spiro atoms. The van der Waals surface area contributed by atoms with Crippen molar-refractivity contribution in [2.75, 3.05) is 11.9 Å². The number of β-amino-alcohol motifs (C(OH)–C–C–N with tert-alkyl or cyclic N) is 1. The number of ketones is 1. The summed E-state index contributed by atoms with van der Waals surface area (Å²) in [4.78, 5) is 24.0. The lowest BCUT2D eigenvalue weighted by Crippen LogP contribution is -2.43. The van der Waals surface area contributed by atoms with E-state index in [1.807, 2.05) is 0 Å². The third kappa shape index (κ3) is 4.25. The number of aliphatic hydroxyl groups excluding tert-OH is 1. The number of nitrogens with one attached hydrogen (secondary N) is 1. The summed E-state index contributed by atoms with van der Waals surface area (Å²) in [5.41, 5.74) is 0.932. The van der Waals surface area contributed by atoms with Crippen LogP contribution in [0, 0.1) is 0 Å². The molecule has 0 aromatic heterocycles. The normalized spacial score (nSPS) is 20.1. The summed E-state index contributed by atoms with van der Waals surface area (Å²) in [6.07, 6.45) is -0.956. The van der Waals surface area contributed by atoms with Crippen LogP contribution in [-0.4, -0.2) is 48.2 Å². The van der Waals surface area contributed by atoms with Gasteiger partial charge in [0.2, 0.25) is 15.9 Å². The Balaban J connectivity index is 1.82. The Hall–Kier alpha value is -2.26. The minimum atomic E-state index is -3.98. The highest BCUT2D eigenvalue weighted by molar-refractivity contribution is 7.89. The maximum absolute atomic E-state index is 12.9. The second-order valence-corrected chi connectivity index (χ2v) is 8.88. The molecule has 0 saturated carbocycles. The van der Waals surface area contributed by atoms with Crippen LogP contribution in [0.2, 0.25) is 5.02 Å². The van der Waals surface area contributed by atoms with Crippen molar-refractivity contribution in [1.29, 1.82) is 0 Å². The van der Waals surface area contributed by atoms with E-state index < -0.39 is 28.1 Å². The maximum atomic E-state index is 12.9. The number of halogens is 1. The number of hydrogen-bond donors (Lipinski definition) is 2. The van der Waals surface area contributed by atoms with Crippen LogP contribution in [0.25, 0.3) is 0 Å². The number of amides is 1. The number of nitrogens with zero attached hydrogens (tertiary/aromatic N) is 1. The molecule has 0 bridgehead atoms. The van der Waals surface area contributed by atoms with Gasteiger partial charge in [-0.25, -0.2) is 8.42 Å². The summed E-state index contributed by atoms with van der Waals surface area (Å²) in [7, 11) is -3.98. The molecular formula is C19H19ClN2O5S. The lowest BCUT2D eigenvalue weighted by molar-refractivity contribution is -0.119. The lowest BCUT2D eigenvalue weighted by atomic mass is 10.1. The molecule has 28 heavy (non-hydrogen) atoms. The third-order valence-electron chi connectivity index (χ3n) is 4.52. The number of sulfonamides is 1. The average molecular weight is 423 g/mol. The minimum absolute atomic E-state index is 0.00499. The van der Waals surface area contributed by atoms with Crippen molar-refractivity contribution in [2.24, 2.45) is 0 Å². The first kappa shape index (κ1) is 20.5. The summed E-state index contributed by atoms with van der Waals surface area (Å²) >= 11 is 5.81. The Morgan fingerprint density at radius 2 is 1.71 bits per heavy atom. The number of carbonyl (C=O) groups excluding carboxylic acids is 2. The largest absolute Gasteiger partial charge is 0.392 e. The lowest BCUT2D eigenvalue weighted by Gasteiger charge is -2.23. The molecule has 1 fully saturated rings. The highest BCUT2D eigenvalue weighted by atomic mass is 35.5. The molecule has 7 nitrogen and oxygen atoms in total. The van der Waals surface area contributed by atoms with Gasteiger partial charge in [-0.1, -0.05) is 11.6 Å². The quantitative estimate of drug-likeness (QED) is 0.719. The van der Waals surface area contributed by atoms with Crippen molar-refractivity contribution >= 4 is 39.0 Å². The number of aliphatic hydroxyl groups is 1. The molecular weight excluding hydrogens is 404 g/mol. The molecule has 148 valence electrons. The molecule has 3 rings (SSSR count). The molecule has 2 aromatic carbocycles. The zero-order chi connectivity index (χ0) is 20.5. The Bertz CT molecular complexity index is 990. The van der Waals surface area contributed by atoms with E-state index in [4.69, 9.17) is 11.6 Å². The van der Waals surface area contributed by atoms with Crippen molar-refractivity contribution in [3.8, 4) is 0 Å². The maximum Gasteiger partial charge on any atom is 0.243 e. The standard InChI is InChI=1S/C19H19ClN2O5S/c1-12(23)13-2-6-15(7-3-13)21-19(25)18-10-16(24)11-22(18)28(26,27)17-8-4-14(20)5-9-17/h2-9,16,18,24H,10-11H2,1H3,(H,21,25)/t16-,18-/m0/s1. The topological polar surface area (TPSA) is 104 Å². The van der Waals surface area contributed by atoms with Gasteiger partial charge in [0.1, 0.15) is 6.04 Å². The van der Waals surface area contributed by atoms with Crippen LogP contribution in [0.5, 0.6) is 0 Å². The van der Waals surface area contributed by atoms with Crippen molar-refractivity contribution in [1.82, 2.24) is 4.31 Å². The van der Waals surface area contributed by atoms with Crippen LogP contribution in [-0.2, 0) is 14.8 Å².